The highest BCUT2D eigenvalue weighted by molar-refractivity contribution is 5.57. The van der Waals surface area contributed by atoms with Gasteiger partial charge in [0, 0.05) is 14.2 Å². The molecule has 8 atom stereocenters. The largest absolute Gasteiger partial charge is 0.400 e. The molecule has 12 N–H and O–H groups in total. The molecule has 0 aliphatic heterocycles. The number of carbonyl (C=O) groups excluding carboxylic acids is 2. The summed E-state index contributed by atoms with van der Waals surface area (Å²) in [6.45, 7) is -1.52. The molecule has 0 amide bonds. The van der Waals surface area contributed by atoms with Gasteiger partial charge in [-0.05, 0) is 0 Å². The maximum Gasteiger partial charge on any atom is 0.151 e. The third-order valence-corrected chi connectivity index (χ3v) is 2.84. The molecule has 172 valence electrons. The normalized spacial score (nSPS) is 18.5. The molecule has 0 aliphatic carbocycles. The maximum atomic E-state index is 9.90. The number of carbonyl (C=O) groups is 2. The Morgan fingerprint density at radius 3 is 0.893 bits per heavy atom. The van der Waals surface area contributed by atoms with Crippen molar-refractivity contribution in [3.8, 4) is 0 Å². The molecule has 0 saturated heterocycles. The third-order valence-electron chi connectivity index (χ3n) is 2.84. The lowest BCUT2D eigenvalue weighted by Crippen LogP contribution is -2.46. The zero-order valence-corrected chi connectivity index (χ0v) is 15.4. The Hall–Kier alpha value is -1.14. The van der Waals surface area contributed by atoms with Crippen LogP contribution in [0.2, 0.25) is 0 Å². The van der Waals surface area contributed by atoms with E-state index in [0.29, 0.717) is 0 Å². The Balaban J connectivity index is -0.000000174. The topological polar surface area (TPSA) is 277 Å². The first-order valence-electron chi connectivity index (χ1n) is 7.55. The van der Waals surface area contributed by atoms with Crippen LogP contribution < -0.4 is 0 Å². The van der Waals surface area contributed by atoms with Crippen LogP contribution in [0.5, 0.6) is 0 Å². The van der Waals surface area contributed by atoms with E-state index in [1.54, 1.807) is 0 Å². The minimum absolute atomic E-state index is 0.0258. The van der Waals surface area contributed by atoms with Gasteiger partial charge in [-0.15, -0.1) is 0 Å². The van der Waals surface area contributed by atoms with E-state index < -0.39 is 62.0 Å². The van der Waals surface area contributed by atoms with Crippen LogP contribution in [0.1, 0.15) is 0 Å². The summed E-state index contributed by atoms with van der Waals surface area (Å²) >= 11 is 0. The molecule has 8 unspecified atom stereocenters. The summed E-state index contributed by atoms with van der Waals surface area (Å²) in [5, 5.41) is 101. The smallest absolute Gasteiger partial charge is 0.151 e. The summed E-state index contributed by atoms with van der Waals surface area (Å²) in [6, 6.07) is 0. The van der Waals surface area contributed by atoms with Gasteiger partial charge in [0.2, 0.25) is 0 Å². The average molecular weight is 424 g/mol. The number of aliphatic hydroxyl groups is 12. The Kier molecular flexibility index (Phi) is 27.2. The third kappa shape index (κ3) is 14.9. The molecule has 0 aliphatic rings. The number of hydrogen-bond acceptors (Lipinski definition) is 14. The van der Waals surface area contributed by atoms with Gasteiger partial charge >= 0.3 is 0 Å². The lowest BCUT2D eigenvalue weighted by Gasteiger charge is -2.22. The maximum absolute atomic E-state index is 9.90. The summed E-state index contributed by atoms with van der Waals surface area (Å²) in [4.78, 5) is 19.8. The molecule has 0 fully saturated rings. The highest BCUT2D eigenvalue weighted by Crippen LogP contribution is 2.03. The summed E-state index contributed by atoms with van der Waals surface area (Å²) in [7, 11) is 2.00. The first kappa shape index (κ1) is 34.4. The molecule has 14 heteroatoms. The molecule has 0 saturated carbocycles. The molecule has 28 heavy (non-hydrogen) atoms. The van der Waals surface area contributed by atoms with Gasteiger partial charge in [-0.25, -0.2) is 0 Å². The SMILES string of the molecule is CO.CO.O=CC(O)C(O)C(O)C(O)CO.O=CC(O)C(O)C(O)C(O)CO. The first-order valence-corrected chi connectivity index (χ1v) is 7.55. The molecule has 0 radical (unpaired) electrons. The Labute approximate surface area is 160 Å². The average Bonchev–Trinajstić information content (AvgIpc) is 2.77. The Morgan fingerprint density at radius 2 is 0.750 bits per heavy atom. The molecule has 0 aromatic rings. The molecule has 0 heterocycles. The number of aliphatic hydroxyl groups excluding tert-OH is 12. The minimum Gasteiger partial charge on any atom is -0.400 e. The number of aldehydes is 2. The van der Waals surface area contributed by atoms with Crippen LogP contribution in [0.25, 0.3) is 0 Å². The molecule has 0 rings (SSSR count). The minimum atomic E-state index is -1.79. The van der Waals surface area contributed by atoms with Gasteiger partial charge in [0.1, 0.15) is 48.8 Å². The van der Waals surface area contributed by atoms with Crippen LogP contribution in [0.15, 0.2) is 0 Å². The lowest BCUT2D eigenvalue weighted by molar-refractivity contribution is -0.136. The van der Waals surface area contributed by atoms with E-state index in [0.717, 1.165) is 14.2 Å². The van der Waals surface area contributed by atoms with Crippen molar-refractivity contribution in [2.45, 2.75) is 48.8 Å². The van der Waals surface area contributed by atoms with Crippen LogP contribution in [-0.2, 0) is 9.59 Å². The predicted octanol–water partition coefficient (Wildman–Crippen LogP) is -7.54. The van der Waals surface area contributed by atoms with Crippen molar-refractivity contribution >= 4 is 12.6 Å². The van der Waals surface area contributed by atoms with Gasteiger partial charge in [0.15, 0.2) is 12.6 Å². The van der Waals surface area contributed by atoms with Gasteiger partial charge in [0.25, 0.3) is 0 Å². The van der Waals surface area contributed by atoms with Crippen molar-refractivity contribution in [1.82, 2.24) is 0 Å². The van der Waals surface area contributed by atoms with Crippen molar-refractivity contribution in [3.05, 3.63) is 0 Å². The molecule has 0 spiro atoms. The van der Waals surface area contributed by atoms with E-state index in [4.69, 9.17) is 61.3 Å². The van der Waals surface area contributed by atoms with E-state index in [1.165, 1.54) is 0 Å². The molecule has 0 bridgehead atoms. The van der Waals surface area contributed by atoms with Crippen LogP contribution >= 0.6 is 0 Å². The zero-order valence-electron chi connectivity index (χ0n) is 15.4. The van der Waals surface area contributed by atoms with Gasteiger partial charge in [0.05, 0.1) is 13.2 Å². The van der Waals surface area contributed by atoms with E-state index in [2.05, 4.69) is 0 Å². The molecule has 14 nitrogen and oxygen atoms in total. The highest BCUT2D eigenvalue weighted by Gasteiger charge is 2.30. The Morgan fingerprint density at radius 1 is 0.536 bits per heavy atom. The fourth-order valence-corrected chi connectivity index (χ4v) is 1.24. The van der Waals surface area contributed by atoms with Crippen LogP contribution in [0.4, 0.5) is 0 Å². The predicted molar refractivity (Wildman–Crippen MR) is 90.6 cm³/mol. The second kappa shape index (κ2) is 22.2. The number of hydrogen-bond donors (Lipinski definition) is 12. The van der Waals surface area contributed by atoms with Gasteiger partial charge in [-0.3, -0.25) is 0 Å². The monoisotopic (exact) mass is 424 g/mol. The standard InChI is InChI=1S/2C6H12O6.2CH4O/c2*7-1-3(9)5(11)6(12)4(10)2-8;2*1-2/h2*1,3-6,8-12H,2H2;2*2H,1H3. The van der Waals surface area contributed by atoms with Gasteiger partial charge < -0.3 is 70.9 Å². The Bertz CT molecular complexity index is 312. The summed E-state index contributed by atoms with van der Waals surface area (Å²) in [5.41, 5.74) is 0. The van der Waals surface area contributed by atoms with E-state index in [1.807, 2.05) is 0 Å². The summed E-state index contributed by atoms with van der Waals surface area (Å²) in [6.07, 6.45) is -13.7. The second-order valence-electron chi connectivity index (χ2n) is 4.72. The quantitative estimate of drug-likeness (QED) is 0.145. The fraction of sp³-hybridized carbons (Fsp3) is 0.857. The molecule has 0 aromatic heterocycles. The fourth-order valence-electron chi connectivity index (χ4n) is 1.24. The van der Waals surface area contributed by atoms with Crippen molar-refractivity contribution in [2.24, 2.45) is 0 Å². The van der Waals surface area contributed by atoms with Crippen molar-refractivity contribution < 1.29 is 70.9 Å². The van der Waals surface area contributed by atoms with Gasteiger partial charge in [-0.1, -0.05) is 0 Å². The molecular formula is C14H32O14. The van der Waals surface area contributed by atoms with Crippen LogP contribution in [-0.4, -0.2) is 150 Å². The van der Waals surface area contributed by atoms with Gasteiger partial charge in [-0.2, -0.15) is 0 Å². The van der Waals surface area contributed by atoms with E-state index >= 15 is 0 Å². The second-order valence-corrected chi connectivity index (χ2v) is 4.72. The van der Waals surface area contributed by atoms with Crippen LogP contribution in [0, 0.1) is 0 Å². The lowest BCUT2D eigenvalue weighted by atomic mass is 10.0. The van der Waals surface area contributed by atoms with E-state index in [-0.39, 0.29) is 12.6 Å². The van der Waals surface area contributed by atoms with Crippen molar-refractivity contribution in [2.75, 3.05) is 27.4 Å². The zero-order chi connectivity index (χ0) is 23.4. The first-order chi connectivity index (χ1) is 13.1. The summed E-state index contributed by atoms with van der Waals surface area (Å²) in [5.74, 6) is 0. The van der Waals surface area contributed by atoms with E-state index in [9.17, 15) is 9.59 Å². The molecular weight excluding hydrogens is 392 g/mol. The highest BCUT2D eigenvalue weighted by atomic mass is 16.4. The van der Waals surface area contributed by atoms with Crippen molar-refractivity contribution in [1.29, 1.82) is 0 Å². The van der Waals surface area contributed by atoms with Crippen molar-refractivity contribution in [3.63, 3.8) is 0 Å². The molecule has 0 aromatic carbocycles. The summed E-state index contributed by atoms with van der Waals surface area (Å²) < 4.78 is 0. The van der Waals surface area contributed by atoms with Crippen LogP contribution in [0.3, 0.4) is 0 Å². The number of rotatable bonds is 10.